The minimum Gasteiger partial charge on any atom is -0.453 e. The number of hydrogen-bond acceptors (Lipinski definition) is 4. The van der Waals surface area contributed by atoms with Crippen LogP contribution in [-0.2, 0) is 9.53 Å². The summed E-state index contributed by atoms with van der Waals surface area (Å²) in [6.45, 7) is 6.87. The van der Waals surface area contributed by atoms with E-state index < -0.39 is 0 Å². The number of rotatable bonds is 2. The molecule has 1 saturated heterocycles. The summed E-state index contributed by atoms with van der Waals surface area (Å²) in [5, 5.41) is 0. The molecular formula is C17H23NO4. The van der Waals surface area contributed by atoms with Crippen molar-refractivity contribution in [1.82, 2.24) is 4.90 Å². The molecule has 1 aliphatic heterocycles. The van der Waals surface area contributed by atoms with Gasteiger partial charge in [-0.2, -0.15) is 0 Å². The van der Waals surface area contributed by atoms with E-state index in [0.717, 1.165) is 29.5 Å². The number of esters is 1. The highest BCUT2D eigenvalue weighted by atomic mass is 16.5. The molecule has 0 radical (unpaired) electrons. The second-order valence-electron chi connectivity index (χ2n) is 5.90. The van der Waals surface area contributed by atoms with Gasteiger partial charge < -0.3 is 14.4 Å². The molecule has 0 N–H and O–H groups in total. The van der Waals surface area contributed by atoms with Crippen molar-refractivity contribution in [2.24, 2.45) is 5.92 Å². The zero-order valence-corrected chi connectivity index (χ0v) is 13.6. The van der Waals surface area contributed by atoms with Gasteiger partial charge in [0.25, 0.3) is 0 Å². The number of hydrogen-bond donors (Lipinski definition) is 0. The van der Waals surface area contributed by atoms with E-state index in [1.165, 1.54) is 7.11 Å². The first kappa shape index (κ1) is 16.3. The third kappa shape index (κ3) is 3.59. The normalized spacial score (nSPS) is 18.0. The first-order valence-corrected chi connectivity index (χ1v) is 7.54. The van der Waals surface area contributed by atoms with E-state index >= 15 is 0 Å². The molecule has 1 amide bonds. The van der Waals surface area contributed by atoms with Crippen molar-refractivity contribution in [3.05, 3.63) is 28.8 Å². The van der Waals surface area contributed by atoms with Crippen LogP contribution in [-0.4, -0.2) is 37.2 Å². The van der Waals surface area contributed by atoms with Gasteiger partial charge in [-0.15, -0.1) is 0 Å². The topological polar surface area (TPSA) is 55.8 Å². The van der Waals surface area contributed by atoms with Gasteiger partial charge in [0.05, 0.1) is 13.0 Å². The Balaban J connectivity index is 2.08. The number of amides is 1. The van der Waals surface area contributed by atoms with Crippen LogP contribution in [0.25, 0.3) is 0 Å². The molecule has 1 aromatic carbocycles. The Labute approximate surface area is 131 Å². The van der Waals surface area contributed by atoms with Crippen LogP contribution in [0.5, 0.6) is 5.75 Å². The predicted octanol–water partition coefficient (Wildman–Crippen LogP) is 3.00. The highest BCUT2D eigenvalue weighted by Gasteiger charge is 2.30. The molecule has 5 heteroatoms. The van der Waals surface area contributed by atoms with Crippen LogP contribution >= 0.6 is 0 Å². The van der Waals surface area contributed by atoms with E-state index in [9.17, 15) is 9.59 Å². The molecule has 0 aromatic heterocycles. The number of benzene rings is 1. The summed E-state index contributed by atoms with van der Waals surface area (Å²) in [6, 6.07) is 3.99. The average molecular weight is 305 g/mol. The number of carbonyl (C=O) groups excluding carboxylic acids is 2. The first-order chi connectivity index (χ1) is 10.4. The van der Waals surface area contributed by atoms with Crippen molar-refractivity contribution < 1.29 is 19.1 Å². The van der Waals surface area contributed by atoms with Gasteiger partial charge in [-0.05, 0) is 44.7 Å². The van der Waals surface area contributed by atoms with Crippen LogP contribution in [0.2, 0.25) is 0 Å². The van der Waals surface area contributed by atoms with Crippen molar-refractivity contribution in [2.45, 2.75) is 33.6 Å². The fraction of sp³-hybridized carbons (Fsp3) is 0.529. The third-order valence-corrected chi connectivity index (χ3v) is 3.99. The maximum absolute atomic E-state index is 12.4. The van der Waals surface area contributed by atoms with Crippen LogP contribution in [0.4, 0.5) is 4.79 Å². The van der Waals surface area contributed by atoms with Gasteiger partial charge in [0.1, 0.15) is 5.75 Å². The van der Waals surface area contributed by atoms with Crippen LogP contribution < -0.4 is 4.74 Å². The van der Waals surface area contributed by atoms with Gasteiger partial charge in [-0.3, -0.25) is 4.79 Å². The van der Waals surface area contributed by atoms with Gasteiger partial charge in [0.15, 0.2) is 0 Å². The van der Waals surface area contributed by atoms with E-state index in [1.807, 2.05) is 32.9 Å². The lowest BCUT2D eigenvalue weighted by atomic mass is 9.98. The Morgan fingerprint density at radius 3 is 2.41 bits per heavy atom. The Morgan fingerprint density at radius 1 is 1.18 bits per heavy atom. The number of carbonyl (C=O) groups is 2. The minimum atomic E-state index is -0.389. The fourth-order valence-electron chi connectivity index (χ4n) is 2.98. The molecule has 1 fully saturated rings. The maximum Gasteiger partial charge on any atom is 0.409 e. The van der Waals surface area contributed by atoms with Crippen molar-refractivity contribution in [3.8, 4) is 5.75 Å². The molecule has 0 aliphatic carbocycles. The Kier molecular flexibility index (Phi) is 5.06. The van der Waals surface area contributed by atoms with Crippen LogP contribution in [0, 0.1) is 26.7 Å². The molecule has 0 saturated carbocycles. The van der Waals surface area contributed by atoms with Crippen molar-refractivity contribution in [2.75, 3.05) is 20.2 Å². The Hall–Kier alpha value is -2.04. The maximum atomic E-state index is 12.4. The number of methoxy groups -OCH3 is 1. The molecular weight excluding hydrogens is 282 g/mol. The highest BCUT2D eigenvalue weighted by molar-refractivity contribution is 5.77. The molecule has 1 heterocycles. The van der Waals surface area contributed by atoms with Crippen molar-refractivity contribution >= 4 is 12.1 Å². The molecule has 1 aliphatic rings. The molecule has 2 rings (SSSR count). The van der Waals surface area contributed by atoms with Gasteiger partial charge in [-0.25, -0.2) is 4.79 Å². The van der Waals surface area contributed by atoms with Crippen LogP contribution in [0.3, 0.4) is 0 Å². The van der Waals surface area contributed by atoms with Crippen LogP contribution in [0.15, 0.2) is 12.1 Å². The molecule has 5 nitrogen and oxygen atoms in total. The van der Waals surface area contributed by atoms with E-state index in [0.29, 0.717) is 18.8 Å². The second-order valence-corrected chi connectivity index (χ2v) is 5.90. The van der Waals surface area contributed by atoms with Crippen LogP contribution in [0.1, 0.15) is 29.5 Å². The molecule has 1 aromatic rings. The van der Waals surface area contributed by atoms with E-state index in [4.69, 9.17) is 9.47 Å². The Morgan fingerprint density at radius 2 is 1.82 bits per heavy atom. The summed E-state index contributed by atoms with van der Waals surface area (Å²) < 4.78 is 10.3. The van der Waals surface area contributed by atoms with Gasteiger partial charge in [-0.1, -0.05) is 17.7 Å². The number of nitrogens with zero attached hydrogens (tertiary/aromatic N) is 1. The number of aryl methyl sites for hydroxylation is 3. The second kappa shape index (κ2) is 6.81. The van der Waals surface area contributed by atoms with E-state index in [1.54, 1.807) is 4.90 Å². The van der Waals surface area contributed by atoms with Crippen molar-refractivity contribution in [1.29, 1.82) is 0 Å². The lowest BCUT2D eigenvalue weighted by Crippen LogP contribution is -2.43. The Bertz CT molecular complexity index is 559. The van der Waals surface area contributed by atoms with E-state index in [-0.39, 0.29) is 18.0 Å². The quantitative estimate of drug-likeness (QED) is 0.622. The van der Waals surface area contributed by atoms with Gasteiger partial charge >= 0.3 is 12.1 Å². The number of piperidine rings is 1. The molecule has 1 unspecified atom stereocenters. The first-order valence-electron chi connectivity index (χ1n) is 7.54. The predicted molar refractivity (Wildman–Crippen MR) is 83.0 cm³/mol. The standard InChI is InChI=1S/C17H23NO4/c1-11-8-12(2)15(13(3)9-11)22-16(19)14-6-5-7-18(10-14)17(20)21-4/h8-9,14H,5-7,10H2,1-4H3. The largest absolute Gasteiger partial charge is 0.453 e. The zero-order valence-electron chi connectivity index (χ0n) is 13.6. The summed E-state index contributed by atoms with van der Waals surface area (Å²) >= 11 is 0. The summed E-state index contributed by atoms with van der Waals surface area (Å²) in [5.74, 6) is 0.0578. The summed E-state index contributed by atoms with van der Waals surface area (Å²) in [4.78, 5) is 25.6. The number of likely N-dealkylation sites (tertiary alicyclic amines) is 1. The van der Waals surface area contributed by atoms with Gasteiger partial charge in [0, 0.05) is 13.1 Å². The van der Waals surface area contributed by atoms with Crippen molar-refractivity contribution in [3.63, 3.8) is 0 Å². The molecule has 0 spiro atoms. The van der Waals surface area contributed by atoms with E-state index in [2.05, 4.69) is 0 Å². The molecule has 0 bridgehead atoms. The smallest absolute Gasteiger partial charge is 0.409 e. The fourth-order valence-corrected chi connectivity index (χ4v) is 2.98. The summed E-state index contributed by atoms with van der Waals surface area (Å²) in [5.41, 5.74) is 3.04. The average Bonchev–Trinajstić information content (AvgIpc) is 2.50. The number of ether oxygens (including phenoxy) is 2. The third-order valence-electron chi connectivity index (χ3n) is 3.99. The summed E-state index contributed by atoms with van der Waals surface area (Å²) in [6.07, 6.45) is 1.12. The van der Waals surface area contributed by atoms with Gasteiger partial charge in [0.2, 0.25) is 0 Å². The molecule has 120 valence electrons. The lowest BCUT2D eigenvalue weighted by Gasteiger charge is -2.30. The SMILES string of the molecule is COC(=O)N1CCCC(C(=O)Oc2c(C)cc(C)cc2C)C1. The highest BCUT2D eigenvalue weighted by Crippen LogP contribution is 2.27. The summed E-state index contributed by atoms with van der Waals surface area (Å²) in [7, 11) is 1.35. The zero-order chi connectivity index (χ0) is 16.3. The molecule has 22 heavy (non-hydrogen) atoms. The molecule has 1 atom stereocenters. The minimum absolute atomic E-state index is 0.274. The monoisotopic (exact) mass is 305 g/mol. The lowest BCUT2D eigenvalue weighted by molar-refractivity contribution is -0.140.